The average molecular weight is 293 g/mol. The molecule has 0 fully saturated rings. The standard InChI is InChI=1S/C12H23NO5S/c1-5-10(4)13(6-12(15)16)11(14)8-19(17,18)7-9(2)3/h9-10H,5-8H2,1-4H3,(H,15,16). The molecular formula is C12H23NO5S. The van der Waals surface area contributed by atoms with Crippen LogP contribution in [0.3, 0.4) is 0 Å². The number of sulfone groups is 1. The molecule has 1 atom stereocenters. The van der Waals surface area contributed by atoms with Gasteiger partial charge in [0.2, 0.25) is 5.91 Å². The van der Waals surface area contributed by atoms with Gasteiger partial charge in [-0.15, -0.1) is 0 Å². The number of carbonyl (C=O) groups is 2. The number of carbonyl (C=O) groups excluding carboxylic acids is 1. The Kier molecular flexibility index (Phi) is 7.04. The predicted octanol–water partition coefficient (Wildman–Crippen LogP) is 0.769. The van der Waals surface area contributed by atoms with Crippen molar-refractivity contribution in [2.24, 2.45) is 5.92 Å². The van der Waals surface area contributed by atoms with E-state index in [4.69, 9.17) is 5.11 Å². The molecule has 0 aromatic carbocycles. The summed E-state index contributed by atoms with van der Waals surface area (Å²) in [5, 5.41) is 8.78. The van der Waals surface area contributed by atoms with Crippen LogP contribution in [0.25, 0.3) is 0 Å². The van der Waals surface area contributed by atoms with E-state index in [0.717, 1.165) is 4.90 Å². The van der Waals surface area contributed by atoms with Gasteiger partial charge in [0.25, 0.3) is 0 Å². The lowest BCUT2D eigenvalue weighted by Gasteiger charge is -2.27. The smallest absolute Gasteiger partial charge is 0.323 e. The van der Waals surface area contributed by atoms with E-state index in [1.807, 2.05) is 6.92 Å². The van der Waals surface area contributed by atoms with Gasteiger partial charge in [0, 0.05) is 6.04 Å². The lowest BCUT2D eigenvalue weighted by Crippen LogP contribution is -2.44. The first-order valence-electron chi connectivity index (χ1n) is 6.30. The fourth-order valence-corrected chi connectivity index (χ4v) is 3.37. The van der Waals surface area contributed by atoms with Crippen LogP contribution in [-0.4, -0.2) is 54.4 Å². The summed E-state index contributed by atoms with van der Waals surface area (Å²) in [6, 6.07) is -0.294. The van der Waals surface area contributed by atoms with Crippen LogP contribution in [-0.2, 0) is 19.4 Å². The van der Waals surface area contributed by atoms with Gasteiger partial charge in [0.15, 0.2) is 9.84 Å². The van der Waals surface area contributed by atoms with Crippen LogP contribution in [0.4, 0.5) is 0 Å². The van der Waals surface area contributed by atoms with E-state index in [0.29, 0.717) is 6.42 Å². The molecule has 0 aliphatic rings. The summed E-state index contributed by atoms with van der Waals surface area (Å²) >= 11 is 0. The average Bonchev–Trinajstić information content (AvgIpc) is 2.21. The van der Waals surface area contributed by atoms with Crippen molar-refractivity contribution in [3.63, 3.8) is 0 Å². The highest BCUT2D eigenvalue weighted by atomic mass is 32.2. The first kappa shape index (κ1) is 17.9. The Hall–Kier alpha value is -1.11. The number of aliphatic carboxylic acids is 1. The molecule has 1 unspecified atom stereocenters. The highest BCUT2D eigenvalue weighted by molar-refractivity contribution is 7.92. The van der Waals surface area contributed by atoms with E-state index in [1.54, 1.807) is 20.8 Å². The van der Waals surface area contributed by atoms with Gasteiger partial charge in [0.05, 0.1) is 5.75 Å². The fraction of sp³-hybridized carbons (Fsp3) is 0.833. The summed E-state index contributed by atoms with van der Waals surface area (Å²) in [6.45, 7) is 6.56. The lowest BCUT2D eigenvalue weighted by molar-refractivity contribution is -0.145. The summed E-state index contributed by atoms with van der Waals surface area (Å²) in [5.74, 6) is -2.54. The molecule has 0 aromatic rings. The van der Waals surface area contributed by atoms with Crippen molar-refractivity contribution in [2.45, 2.75) is 40.2 Å². The number of hydrogen-bond donors (Lipinski definition) is 1. The SMILES string of the molecule is CCC(C)N(CC(=O)O)C(=O)CS(=O)(=O)CC(C)C. The third-order valence-electron chi connectivity index (χ3n) is 2.68. The van der Waals surface area contributed by atoms with Crippen LogP contribution in [0, 0.1) is 5.92 Å². The molecule has 0 radical (unpaired) electrons. The first-order chi connectivity index (χ1) is 8.59. The van der Waals surface area contributed by atoms with Crippen LogP contribution >= 0.6 is 0 Å². The fourth-order valence-electron chi connectivity index (χ4n) is 1.69. The second kappa shape index (κ2) is 7.47. The maximum Gasteiger partial charge on any atom is 0.323 e. The van der Waals surface area contributed by atoms with Gasteiger partial charge in [-0.05, 0) is 19.3 Å². The molecule has 0 rings (SSSR count). The van der Waals surface area contributed by atoms with Gasteiger partial charge in [-0.2, -0.15) is 0 Å². The molecule has 0 heterocycles. The van der Waals surface area contributed by atoms with Crippen LogP contribution in [0.5, 0.6) is 0 Å². The maximum atomic E-state index is 12.0. The molecule has 7 heteroatoms. The third kappa shape index (κ3) is 7.15. The van der Waals surface area contributed by atoms with Gasteiger partial charge >= 0.3 is 5.97 Å². The van der Waals surface area contributed by atoms with Crippen LogP contribution < -0.4 is 0 Å². The van der Waals surface area contributed by atoms with E-state index in [9.17, 15) is 18.0 Å². The molecule has 1 amide bonds. The van der Waals surface area contributed by atoms with Crippen molar-refractivity contribution in [1.82, 2.24) is 4.90 Å². The Morgan fingerprint density at radius 1 is 1.21 bits per heavy atom. The lowest BCUT2D eigenvalue weighted by atomic mass is 10.2. The molecule has 0 spiro atoms. The minimum absolute atomic E-state index is 0.0608. The minimum Gasteiger partial charge on any atom is -0.480 e. The summed E-state index contributed by atoms with van der Waals surface area (Å²) in [7, 11) is -3.49. The van der Waals surface area contributed by atoms with E-state index in [1.165, 1.54) is 0 Å². The topological polar surface area (TPSA) is 91.8 Å². The quantitative estimate of drug-likeness (QED) is 0.713. The van der Waals surface area contributed by atoms with Crippen molar-refractivity contribution in [1.29, 1.82) is 0 Å². The Bertz CT molecular complexity index is 416. The number of nitrogens with zero attached hydrogens (tertiary/aromatic N) is 1. The van der Waals surface area contributed by atoms with E-state index in [2.05, 4.69) is 0 Å². The van der Waals surface area contributed by atoms with Gasteiger partial charge in [-0.3, -0.25) is 9.59 Å². The van der Waals surface area contributed by atoms with E-state index >= 15 is 0 Å². The van der Waals surface area contributed by atoms with E-state index in [-0.39, 0.29) is 17.7 Å². The molecule has 0 aliphatic carbocycles. The Morgan fingerprint density at radius 3 is 2.11 bits per heavy atom. The number of hydrogen-bond acceptors (Lipinski definition) is 4. The molecule has 19 heavy (non-hydrogen) atoms. The summed E-state index contributed by atoms with van der Waals surface area (Å²) in [4.78, 5) is 23.8. The zero-order valence-corrected chi connectivity index (χ0v) is 12.7. The van der Waals surface area contributed by atoms with Gasteiger partial charge < -0.3 is 10.0 Å². The zero-order chi connectivity index (χ0) is 15.2. The van der Waals surface area contributed by atoms with Crippen molar-refractivity contribution in [3.8, 4) is 0 Å². The molecule has 0 saturated heterocycles. The number of carboxylic acids is 1. The maximum absolute atomic E-state index is 12.0. The molecule has 1 N–H and O–H groups in total. The summed E-state index contributed by atoms with van der Waals surface area (Å²) in [6.07, 6.45) is 0.573. The largest absolute Gasteiger partial charge is 0.480 e. The van der Waals surface area contributed by atoms with Crippen LogP contribution in [0.15, 0.2) is 0 Å². The molecular weight excluding hydrogens is 270 g/mol. The van der Waals surface area contributed by atoms with Gasteiger partial charge in [-0.1, -0.05) is 20.8 Å². The van der Waals surface area contributed by atoms with Crippen molar-refractivity contribution in [3.05, 3.63) is 0 Å². The van der Waals surface area contributed by atoms with Crippen molar-refractivity contribution < 1.29 is 23.1 Å². The zero-order valence-electron chi connectivity index (χ0n) is 11.9. The van der Waals surface area contributed by atoms with Crippen LogP contribution in [0.1, 0.15) is 34.1 Å². The first-order valence-corrected chi connectivity index (χ1v) is 8.12. The molecule has 112 valence electrons. The normalized spacial score (nSPS) is 13.3. The highest BCUT2D eigenvalue weighted by Gasteiger charge is 2.26. The Morgan fingerprint density at radius 2 is 1.74 bits per heavy atom. The molecule has 0 aliphatic heterocycles. The Labute approximate surface area is 114 Å². The predicted molar refractivity (Wildman–Crippen MR) is 72.6 cm³/mol. The monoisotopic (exact) mass is 293 g/mol. The summed E-state index contributed by atoms with van der Waals surface area (Å²) < 4.78 is 23.5. The van der Waals surface area contributed by atoms with Crippen molar-refractivity contribution >= 4 is 21.7 Å². The third-order valence-corrected chi connectivity index (χ3v) is 4.54. The molecule has 0 saturated carbocycles. The van der Waals surface area contributed by atoms with Gasteiger partial charge in [-0.25, -0.2) is 8.42 Å². The second-order valence-electron chi connectivity index (χ2n) is 5.12. The molecule has 6 nitrogen and oxygen atoms in total. The molecule has 0 bridgehead atoms. The van der Waals surface area contributed by atoms with E-state index < -0.39 is 34.0 Å². The number of amides is 1. The Balaban J connectivity index is 4.87. The number of carboxylic acid groups (broad SMARTS) is 1. The van der Waals surface area contributed by atoms with Gasteiger partial charge in [0.1, 0.15) is 12.3 Å². The van der Waals surface area contributed by atoms with Crippen molar-refractivity contribution in [2.75, 3.05) is 18.1 Å². The number of rotatable bonds is 8. The second-order valence-corrected chi connectivity index (χ2v) is 7.23. The molecule has 0 aromatic heterocycles. The minimum atomic E-state index is -3.49. The highest BCUT2D eigenvalue weighted by Crippen LogP contribution is 2.08. The van der Waals surface area contributed by atoms with Crippen LogP contribution in [0.2, 0.25) is 0 Å². The summed E-state index contributed by atoms with van der Waals surface area (Å²) in [5.41, 5.74) is 0.